The topological polar surface area (TPSA) is 90.6 Å². The fraction of sp³-hybridized carbons (Fsp3) is 0.636. The third-order valence-corrected chi connectivity index (χ3v) is 5.22. The number of nitrogens with two attached hydrogens (primary N) is 1. The van der Waals surface area contributed by atoms with Gasteiger partial charge in [-0.15, -0.1) is 11.3 Å². The maximum absolute atomic E-state index is 11.8. The normalized spacial score (nSPS) is 11.8. The molecule has 0 radical (unpaired) electrons. The Morgan fingerprint density at radius 3 is 2.74 bits per heavy atom. The van der Waals surface area contributed by atoms with Crippen LogP contribution in [0.1, 0.15) is 12.8 Å². The van der Waals surface area contributed by atoms with E-state index >= 15 is 0 Å². The number of nitrogens with one attached hydrogen (secondary N) is 1. The van der Waals surface area contributed by atoms with Crippen molar-refractivity contribution in [2.45, 2.75) is 17.1 Å². The summed E-state index contributed by atoms with van der Waals surface area (Å²) >= 11 is 1.12. The number of unbranched alkanes of at least 4 members (excludes halogenated alkanes) is 1. The fourth-order valence-corrected chi connectivity index (χ4v) is 3.52. The van der Waals surface area contributed by atoms with Crippen molar-refractivity contribution in [3.63, 3.8) is 0 Å². The molecule has 1 aromatic rings. The summed E-state index contributed by atoms with van der Waals surface area (Å²) in [6.07, 6.45) is 1.53. The van der Waals surface area contributed by atoms with E-state index in [-0.39, 0.29) is 4.21 Å². The first-order chi connectivity index (χ1) is 9.06. The van der Waals surface area contributed by atoms with Crippen molar-refractivity contribution in [1.82, 2.24) is 4.72 Å². The molecule has 19 heavy (non-hydrogen) atoms. The van der Waals surface area contributed by atoms with Gasteiger partial charge in [0, 0.05) is 31.3 Å². The Morgan fingerprint density at radius 2 is 2.11 bits per heavy atom. The predicted molar refractivity (Wildman–Crippen MR) is 75.8 cm³/mol. The van der Waals surface area contributed by atoms with E-state index in [9.17, 15) is 8.42 Å². The van der Waals surface area contributed by atoms with Crippen LogP contribution < -0.4 is 10.5 Å². The van der Waals surface area contributed by atoms with Crippen molar-refractivity contribution in [3.05, 3.63) is 11.4 Å². The molecule has 0 amide bonds. The Labute approximate surface area is 118 Å². The molecule has 110 valence electrons. The first-order valence-corrected chi connectivity index (χ1v) is 8.33. The van der Waals surface area contributed by atoms with Gasteiger partial charge in [-0.1, -0.05) is 0 Å². The number of methoxy groups -OCH3 is 1. The maximum Gasteiger partial charge on any atom is 0.250 e. The standard InChI is InChI=1S/C11H20N2O4S2/c1-16-6-7-17-5-3-2-4-13-19(14,15)11-8-10(12)9-18-11/h8-9,13H,2-7,12H2,1H3. The molecule has 6 nitrogen and oxygen atoms in total. The molecule has 0 aliphatic carbocycles. The van der Waals surface area contributed by atoms with E-state index in [2.05, 4.69) is 4.72 Å². The Morgan fingerprint density at radius 1 is 1.32 bits per heavy atom. The number of ether oxygens (including phenoxy) is 2. The molecule has 1 aromatic heterocycles. The van der Waals surface area contributed by atoms with E-state index < -0.39 is 10.0 Å². The van der Waals surface area contributed by atoms with Crippen LogP contribution >= 0.6 is 11.3 Å². The smallest absolute Gasteiger partial charge is 0.250 e. The largest absolute Gasteiger partial charge is 0.398 e. The van der Waals surface area contributed by atoms with Gasteiger partial charge in [-0.3, -0.25) is 0 Å². The van der Waals surface area contributed by atoms with Gasteiger partial charge in [-0.05, 0) is 18.9 Å². The molecule has 0 bridgehead atoms. The van der Waals surface area contributed by atoms with Gasteiger partial charge in [0.25, 0.3) is 0 Å². The zero-order valence-corrected chi connectivity index (χ0v) is 12.6. The van der Waals surface area contributed by atoms with E-state index in [1.165, 1.54) is 6.07 Å². The minimum atomic E-state index is -3.41. The lowest BCUT2D eigenvalue weighted by Gasteiger charge is -2.05. The molecule has 0 aliphatic rings. The average molecular weight is 308 g/mol. The number of thiophene rings is 1. The van der Waals surface area contributed by atoms with Crippen molar-refractivity contribution in [2.24, 2.45) is 0 Å². The first-order valence-electron chi connectivity index (χ1n) is 5.96. The van der Waals surface area contributed by atoms with E-state index in [0.29, 0.717) is 32.1 Å². The zero-order valence-electron chi connectivity index (χ0n) is 10.9. The fourth-order valence-electron chi connectivity index (χ4n) is 1.32. The summed E-state index contributed by atoms with van der Waals surface area (Å²) in [5.74, 6) is 0. The maximum atomic E-state index is 11.8. The Bertz CT molecular complexity index is 459. The number of sulfonamides is 1. The highest BCUT2D eigenvalue weighted by atomic mass is 32.2. The summed E-state index contributed by atoms with van der Waals surface area (Å²) in [6, 6.07) is 1.46. The first kappa shape index (κ1) is 16.4. The van der Waals surface area contributed by atoms with Crippen LogP contribution in [-0.2, 0) is 19.5 Å². The van der Waals surface area contributed by atoms with Crippen LogP contribution in [-0.4, -0.2) is 41.9 Å². The van der Waals surface area contributed by atoms with Gasteiger partial charge >= 0.3 is 0 Å². The number of hydrogen-bond acceptors (Lipinski definition) is 6. The van der Waals surface area contributed by atoms with E-state index in [1.54, 1.807) is 12.5 Å². The molecule has 3 N–H and O–H groups in total. The minimum absolute atomic E-state index is 0.251. The van der Waals surface area contributed by atoms with Crippen LogP contribution in [0.25, 0.3) is 0 Å². The van der Waals surface area contributed by atoms with Gasteiger partial charge < -0.3 is 15.2 Å². The van der Waals surface area contributed by atoms with Crippen LogP contribution in [0.4, 0.5) is 5.69 Å². The number of nitrogen functional groups attached to an aromatic ring is 1. The van der Waals surface area contributed by atoms with Crippen molar-refractivity contribution in [3.8, 4) is 0 Å². The number of anilines is 1. The lowest BCUT2D eigenvalue weighted by molar-refractivity contribution is 0.0689. The quantitative estimate of drug-likeness (QED) is 0.631. The molecule has 0 saturated carbocycles. The monoisotopic (exact) mass is 308 g/mol. The summed E-state index contributed by atoms with van der Waals surface area (Å²) in [4.78, 5) is 0. The average Bonchev–Trinajstić information content (AvgIpc) is 2.80. The molecule has 0 saturated heterocycles. The van der Waals surface area contributed by atoms with Gasteiger partial charge in [0.1, 0.15) is 4.21 Å². The van der Waals surface area contributed by atoms with Gasteiger partial charge in [0.05, 0.1) is 13.2 Å². The summed E-state index contributed by atoms with van der Waals surface area (Å²) in [6.45, 7) is 2.15. The third kappa shape index (κ3) is 6.35. The van der Waals surface area contributed by atoms with Crippen LogP contribution in [0.15, 0.2) is 15.7 Å². The molecule has 1 heterocycles. The van der Waals surface area contributed by atoms with Crippen molar-refractivity contribution in [2.75, 3.05) is 39.2 Å². The lowest BCUT2D eigenvalue weighted by Crippen LogP contribution is -2.24. The number of hydrogen-bond donors (Lipinski definition) is 2. The van der Waals surface area contributed by atoms with Crippen molar-refractivity contribution < 1.29 is 17.9 Å². The van der Waals surface area contributed by atoms with Gasteiger partial charge in [0.15, 0.2) is 0 Å². The molecule has 1 rings (SSSR count). The Hall–Kier alpha value is -0.670. The summed E-state index contributed by atoms with van der Waals surface area (Å²) in [5, 5.41) is 1.61. The molecular formula is C11H20N2O4S2. The third-order valence-electron chi connectivity index (χ3n) is 2.30. The molecule has 0 fully saturated rings. The zero-order chi connectivity index (χ0) is 14.1. The van der Waals surface area contributed by atoms with Crippen LogP contribution in [0.5, 0.6) is 0 Å². The predicted octanol–water partition coefficient (Wildman–Crippen LogP) is 1.05. The SMILES string of the molecule is COCCOCCCCNS(=O)(=O)c1cc(N)cs1. The van der Waals surface area contributed by atoms with Gasteiger partial charge in [-0.2, -0.15) is 0 Å². The molecule has 0 atom stereocenters. The minimum Gasteiger partial charge on any atom is -0.398 e. The highest BCUT2D eigenvalue weighted by molar-refractivity contribution is 7.91. The lowest BCUT2D eigenvalue weighted by atomic mass is 10.3. The molecule has 0 unspecified atom stereocenters. The molecule has 0 aromatic carbocycles. The molecular weight excluding hydrogens is 288 g/mol. The second kappa shape index (κ2) is 8.49. The van der Waals surface area contributed by atoms with E-state index in [1.807, 2.05) is 0 Å². The van der Waals surface area contributed by atoms with Crippen molar-refractivity contribution in [1.29, 1.82) is 0 Å². The highest BCUT2D eigenvalue weighted by Crippen LogP contribution is 2.21. The second-order valence-corrected chi connectivity index (χ2v) is 6.81. The molecule has 0 spiro atoms. The molecule has 8 heteroatoms. The summed E-state index contributed by atoms with van der Waals surface area (Å²) in [5.41, 5.74) is 5.97. The van der Waals surface area contributed by atoms with Crippen LogP contribution in [0.3, 0.4) is 0 Å². The Kier molecular flexibility index (Phi) is 7.32. The summed E-state index contributed by atoms with van der Waals surface area (Å²) in [7, 11) is -1.79. The van der Waals surface area contributed by atoms with E-state index in [4.69, 9.17) is 15.2 Å². The van der Waals surface area contributed by atoms with Crippen LogP contribution in [0, 0.1) is 0 Å². The van der Waals surface area contributed by atoms with Crippen molar-refractivity contribution >= 4 is 27.0 Å². The van der Waals surface area contributed by atoms with Gasteiger partial charge in [0.2, 0.25) is 10.0 Å². The summed E-state index contributed by atoms with van der Waals surface area (Å²) < 4.78 is 36.5. The Balaban J connectivity index is 2.15. The number of rotatable bonds is 10. The van der Waals surface area contributed by atoms with E-state index in [0.717, 1.165) is 24.2 Å². The van der Waals surface area contributed by atoms with Crippen LogP contribution in [0.2, 0.25) is 0 Å². The van der Waals surface area contributed by atoms with Gasteiger partial charge in [-0.25, -0.2) is 13.1 Å². The molecule has 0 aliphatic heterocycles. The second-order valence-electron chi connectivity index (χ2n) is 3.91. The highest BCUT2D eigenvalue weighted by Gasteiger charge is 2.15.